The Balaban J connectivity index is 1.65. The molecule has 0 aliphatic rings. The Labute approximate surface area is 171 Å². The molecule has 4 aromatic rings. The summed E-state index contributed by atoms with van der Waals surface area (Å²) in [6.07, 6.45) is 2.84. The molecule has 0 bridgehead atoms. The van der Waals surface area contributed by atoms with E-state index in [-0.39, 0.29) is 0 Å². The molecule has 29 heavy (non-hydrogen) atoms. The van der Waals surface area contributed by atoms with Crippen LogP contribution >= 0.6 is 0 Å². The average molecular weight is 381 g/mol. The molecule has 4 nitrogen and oxygen atoms in total. The summed E-state index contributed by atoms with van der Waals surface area (Å²) >= 11 is 0. The highest BCUT2D eigenvalue weighted by molar-refractivity contribution is 5.75. The minimum atomic E-state index is 0.653. The fraction of sp³-hybridized carbons (Fsp3) is 0.200. The molecule has 0 amide bonds. The Kier molecular flexibility index (Phi) is 5.31. The number of imidazole rings is 1. The van der Waals surface area contributed by atoms with Crippen molar-refractivity contribution in [2.45, 2.75) is 27.2 Å². The lowest BCUT2D eigenvalue weighted by Crippen LogP contribution is -1.99. The number of nitrogens with zero attached hydrogens (tertiary/aromatic N) is 3. The summed E-state index contributed by atoms with van der Waals surface area (Å²) in [6.45, 7) is 6.77. The average Bonchev–Trinajstić information content (AvgIpc) is 3.08. The normalized spacial score (nSPS) is 10.6. The van der Waals surface area contributed by atoms with E-state index >= 15 is 0 Å². The minimum Gasteiger partial charge on any atom is -0.494 e. The smallest absolute Gasteiger partial charge is 0.164 e. The van der Waals surface area contributed by atoms with Crippen LogP contribution in [-0.2, 0) is 6.42 Å². The largest absolute Gasteiger partial charge is 0.494 e. The molecule has 4 heteroatoms. The van der Waals surface area contributed by atoms with Crippen LogP contribution in [0.5, 0.6) is 5.75 Å². The lowest BCUT2D eigenvalue weighted by molar-refractivity contribution is 0.340. The zero-order valence-corrected chi connectivity index (χ0v) is 16.9. The Morgan fingerprint density at radius 2 is 1.66 bits per heavy atom. The summed E-state index contributed by atoms with van der Waals surface area (Å²) in [5.74, 6) is 8.16. The van der Waals surface area contributed by atoms with Gasteiger partial charge in [-0.1, -0.05) is 30.9 Å². The lowest BCUT2D eigenvalue weighted by atomic mass is 10.1. The third kappa shape index (κ3) is 4.00. The fourth-order valence-electron chi connectivity index (χ4n) is 3.28. The van der Waals surface area contributed by atoms with E-state index in [1.807, 2.05) is 54.9 Å². The SMILES string of the molecule is CCOc1ccc(-n2c(C)nc3cc(C#Cc4ccc(CC)cc4)cnc32)cc1. The van der Waals surface area contributed by atoms with E-state index in [1.54, 1.807) is 0 Å². The summed E-state index contributed by atoms with van der Waals surface area (Å²) < 4.78 is 7.58. The third-order valence-electron chi connectivity index (χ3n) is 4.78. The van der Waals surface area contributed by atoms with Gasteiger partial charge < -0.3 is 4.74 Å². The van der Waals surface area contributed by atoms with Gasteiger partial charge in [0.2, 0.25) is 0 Å². The third-order valence-corrected chi connectivity index (χ3v) is 4.78. The van der Waals surface area contributed by atoms with Gasteiger partial charge in [0.25, 0.3) is 0 Å². The summed E-state index contributed by atoms with van der Waals surface area (Å²) in [5, 5.41) is 0. The highest BCUT2D eigenvalue weighted by Gasteiger charge is 2.11. The quantitative estimate of drug-likeness (QED) is 0.462. The van der Waals surface area contributed by atoms with Gasteiger partial charge in [-0.15, -0.1) is 0 Å². The van der Waals surface area contributed by atoms with Gasteiger partial charge in [-0.3, -0.25) is 4.57 Å². The monoisotopic (exact) mass is 381 g/mol. The van der Waals surface area contributed by atoms with Crippen molar-refractivity contribution in [1.82, 2.24) is 14.5 Å². The molecule has 0 fully saturated rings. The molecule has 0 radical (unpaired) electrons. The van der Waals surface area contributed by atoms with E-state index in [9.17, 15) is 0 Å². The van der Waals surface area contributed by atoms with Gasteiger partial charge in [-0.05, 0) is 68.3 Å². The first-order chi connectivity index (χ1) is 14.2. The van der Waals surface area contributed by atoms with E-state index < -0.39 is 0 Å². The fourth-order valence-corrected chi connectivity index (χ4v) is 3.28. The van der Waals surface area contributed by atoms with E-state index in [1.165, 1.54) is 5.56 Å². The summed E-state index contributed by atoms with van der Waals surface area (Å²) in [7, 11) is 0. The van der Waals surface area contributed by atoms with E-state index in [0.717, 1.165) is 46.0 Å². The number of pyridine rings is 1. The highest BCUT2D eigenvalue weighted by atomic mass is 16.5. The van der Waals surface area contributed by atoms with Crippen molar-refractivity contribution in [3.63, 3.8) is 0 Å². The first kappa shape index (κ1) is 18.8. The second-order valence-electron chi connectivity index (χ2n) is 6.79. The number of benzene rings is 2. The van der Waals surface area contributed by atoms with Crippen molar-refractivity contribution < 1.29 is 4.74 Å². The van der Waals surface area contributed by atoms with Crippen molar-refractivity contribution in [1.29, 1.82) is 0 Å². The van der Waals surface area contributed by atoms with Gasteiger partial charge in [-0.25, -0.2) is 9.97 Å². The Morgan fingerprint density at radius 3 is 2.34 bits per heavy atom. The van der Waals surface area contributed by atoms with Crippen LogP contribution < -0.4 is 4.74 Å². The second kappa shape index (κ2) is 8.20. The van der Waals surface area contributed by atoms with Crippen molar-refractivity contribution >= 4 is 11.2 Å². The molecule has 144 valence electrons. The standard InChI is InChI=1S/C25H23N3O/c1-4-19-6-8-20(9-7-19)10-11-21-16-24-25(26-17-21)28(18(3)27-24)22-12-14-23(15-13-22)29-5-2/h6-9,12-17H,4-5H2,1-3H3. The van der Waals surface area contributed by atoms with Gasteiger partial charge >= 0.3 is 0 Å². The molecule has 2 aromatic heterocycles. The molecule has 0 atom stereocenters. The molecule has 0 saturated heterocycles. The first-order valence-corrected chi connectivity index (χ1v) is 9.87. The molecule has 4 rings (SSSR count). The second-order valence-corrected chi connectivity index (χ2v) is 6.79. The number of aromatic nitrogens is 3. The van der Waals surface area contributed by atoms with Crippen LogP contribution in [0.25, 0.3) is 16.9 Å². The lowest BCUT2D eigenvalue weighted by Gasteiger charge is -2.08. The van der Waals surface area contributed by atoms with Gasteiger partial charge in [0.15, 0.2) is 5.65 Å². The summed E-state index contributed by atoms with van der Waals surface area (Å²) in [4.78, 5) is 9.33. The number of aryl methyl sites for hydroxylation is 2. The predicted octanol–water partition coefficient (Wildman–Crippen LogP) is 5.09. The maximum absolute atomic E-state index is 5.53. The maximum atomic E-state index is 5.53. The van der Waals surface area contributed by atoms with Gasteiger partial charge in [0, 0.05) is 23.0 Å². The molecule has 0 spiro atoms. The molecule has 2 heterocycles. The Hall–Kier alpha value is -3.58. The van der Waals surface area contributed by atoms with Crippen molar-refractivity contribution in [2.24, 2.45) is 0 Å². The summed E-state index contributed by atoms with van der Waals surface area (Å²) in [5.41, 5.74) is 5.84. The minimum absolute atomic E-state index is 0.653. The predicted molar refractivity (Wildman–Crippen MR) is 117 cm³/mol. The molecule has 0 aliphatic heterocycles. The van der Waals surface area contributed by atoms with Crippen LogP contribution in [-0.4, -0.2) is 21.1 Å². The molecule has 0 unspecified atom stereocenters. The van der Waals surface area contributed by atoms with Crippen molar-refractivity contribution in [3.8, 4) is 23.3 Å². The summed E-state index contributed by atoms with van der Waals surface area (Å²) in [6, 6.07) is 18.3. The zero-order chi connectivity index (χ0) is 20.2. The molecular formula is C25H23N3O. The van der Waals surface area contributed by atoms with Gasteiger partial charge in [0.1, 0.15) is 17.1 Å². The number of hydrogen-bond donors (Lipinski definition) is 0. The number of ether oxygens (including phenoxy) is 1. The number of fused-ring (bicyclic) bond motifs is 1. The highest BCUT2D eigenvalue weighted by Crippen LogP contribution is 2.22. The first-order valence-electron chi connectivity index (χ1n) is 9.87. The molecule has 0 N–H and O–H groups in total. The molecule has 0 saturated carbocycles. The van der Waals surface area contributed by atoms with Crippen LogP contribution in [0.2, 0.25) is 0 Å². The van der Waals surface area contributed by atoms with E-state index in [2.05, 4.69) is 53.0 Å². The molecule has 0 aliphatic carbocycles. The van der Waals surface area contributed by atoms with Crippen LogP contribution in [0.1, 0.15) is 36.4 Å². The topological polar surface area (TPSA) is 39.9 Å². The van der Waals surface area contributed by atoms with Crippen LogP contribution in [0, 0.1) is 18.8 Å². The van der Waals surface area contributed by atoms with Crippen LogP contribution in [0.15, 0.2) is 60.8 Å². The number of hydrogen-bond acceptors (Lipinski definition) is 3. The van der Waals surface area contributed by atoms with Gasteiger partial charge in [0.05, 0.1) is 6.61 Å². The van der Waals surface area contributed by atoms with Crippen LogP contribution in [0.3, 0.4) is 0 Å². The van der Waals surface area contributed by atoms with Gasteiger partial charge in [-0.2, -0.15) is 0 Å². The van der Waals surface area contributed by atoms with Crippen molar-refractivity contribution in [3.05, 3.63) is 83.3 Å². The Bertz CT molecular complexity index is 1190. The van der Waals surface area contributed by atoms with E-state index in [0.29, 0.717) is 6.61 Å². The van der Waals surface area contributed by atoms with E-state index in [4.69, 9.17) is 4.74 Å². The maximum Gasteiger partial charge on any atom is 0.164 e. The molecular weight excluding hydrogens is 358 g/mol. The Morgan fingerprint density at radius 1 is 0.931 bits per heavy atom. The molecule has 2 aromatic carbocycles. The number of rotatable bonds is 4. The zero-order valence-electron chi connectivity index (χ0n) is 16.9. The van der Waals surface area contributed by atoms with Crippen LogP contribution in [0.4, 0.5) is 0 Å². The van der Waals surface area contributed by atoms with Crippen molar-refractivity contribution in [2.75, 3.05) is 6.61 Å².